The van der Waals surface area contributed by atoms with Crippen LogP contribution < -0.4 is 20.3 Å². The fraction of sp³-hybridized carbons (Fsp3) is 0.457. The number of alkyl halides is 3. The van der Waals surface area contributed by atoms with Gasteiger partial charge in [-0.15, -0.1) is 13.2 Å². The molecule has 0 saturated carbocycles. The summed E-state index contributed by atoms with van der Waals surface area (Å²) in [6, 6.07) is 14.5. The molecule has 2 saturated heterocycles. The summed E-state index contributed by atoms with van der Waals surface area (Å²) in [5.41, 5.74) is 2.13. The van der Waals surface area contributed by atoms with Crippen molar-refractivity contribution in [3.63, 3.8) is 0 Å². The summed E-state index contributed by atoms with van der Waals surface area (Å²) in [4.78, 5) is 34.5. The lowest BCUT2D eigenvalue weighted by Crippen LogP contribution is -2.46. The fourth-order valence-corrected chi connectivity index (χ4v) is 6.14. The van der Waals surface area contributed by atoms with Crippen LogP contribution in [-0.4, -0.2) is 72.1 Å². The maximum absolute atomic E-state index is 13.1. The molecule has 3 aromatic rings. The van der Waals surface area contributed by atoms with Gasteiger partial charge in [-0.2, -0.15) is 0 Å². The van der Waals surface area contributed by atoms with E-state index in [1.54, 1.807) is 18.2 Å². The number of aromatic nitrogens is 1. The lowest BCUT2D eigenvalue weighted by atomic mass is 10.0. The standard InChI is InChI=1S/C35H41ClF3N5O4/c1-34(2,3)48-33(46)42-27-14-18-44(19-15-27)31-11-4-23(21-40-31)22-43-16-12-26(13-17-43)41-32(45)25-7-10-30(36)29(20-25)24-5-8-28(9-6-24)47-35(37,38)39/h4-11,20-21,26-27H,12-19,22H2,1-3H3,(H,41,45)(H,42,46). The lowest BCUT2D eigenvalue weighted by Gasteiger charge is -2.34. The van der Waals surface area contributed by atoms with E-state index in [0.717, 1.165) is 69.8 Å². The van der Waals surface area contributed by atoms with E-state index in [0.29, 0.717) is 21.7 Å². The van der Waals surface area contributed by atoms with Gasteiger partial charge in [-0.3, -0.25) is 9.69 Å². The molecule has 3 heterocycles. The minimum absolute atomic E-state index is 0.0138. The maximum Gasteiger partial charge on any atom is 0.573 e. The quantitative estimate of drug-likeness (QED) is 0.259. The van der Waals surface area contributed by atoms with Crippen LogP contribution in [0.15, 0.2) is 60.8 Å². The molecule has 48 heavy (non-hydrogen) atoms. The van der Waals surface area contributed by atoms with E-state index in [-0.39, 0.29) is 29.8 Å². The third-order valence-electron chi connectivity index (χ3n) is 8.31. The van der Waals surface area contributed by atoms with Crippen LogP contribution in [-0.2, 0) is 11.3 Å². The Hall–Kier alpha value is -4.03. The third-order valence-corrected chi connectivity index (χ3v) is 8.63. The van der Waals surface area contributed by atoms with Gasteiger partial charge >= 0.3 is 12.5 Å². The number of piperidine rings is 2. The highest BCUT2D eigenvalue weighted by atomic mass is 35.5. The number of nitrogens with zero attached hydrogens (tertiary/aromatic N) is 3. The molecule has 0 atom stereocenters. The molecule has 9 nitrogen and oxygen atoms in total. The molecule has 5 rings (SSSR count). The van der Waals surface area contributed by atoms with Crippen molar-refractivity contribution in [1.29, 1.82) is 0 Å². The Labute approximate surface area is 283 Å². The number of likely N-dealkylation sites (tertiary alicyclic amines) is 1. The van der Waals surface area contributed by atoms with Gasteiger partial charge in [-0.05, 0) is 94.0 Å². The molecule has 0 aliphatic carbocycles. The highest BCUT2D eigenvalue weighted by Gasteiger charge is 2.31. The number of halogens is 4. The van der Waals surface area contributed by atoms with E-state index in [9.17, 15) is 22.8 Å². The number of amides is 2. The summed E-state index contributed by atoms with van der Waals surface area (Å²) in [6.45, 7) is 9.57. The number of hydrogen-bond donors (Lipinski definition) is 2. The first-order valence-corrected chi connectivity index (χ1v) is 16.5. The average molecular weight is 688 g/mol. The van der Waals surface area contributed by atoms with Crippen molar-refractivity contribution >= 4 is 29.4 Å². The molecule has 2 aliphatic heterocycles. The maximum atomic E-state index is 13.1. The first-order valence-electron chi connectivity index (χ1n) is 16.1. The highest BCUT2D eigenvalue weighted by Crippen LogP contribution is 2.32. The summed E-state index contributed by atoms with van der Waals surface area (Å²) < 4.78 is 46.9. The number of nitrogens with one attached hydrogen (secondary N) is 2. The number of ether oxygens (including phenoxy) is 2. The van der Waals surface area contributed by atoms with E-state index in [2.05, 4.69) is 37.3 Å². The Morgan fingerprint density at radius 3 is 2.15 bits per heavy atom. The van der Waals surface area contributed by atoms with Crippen LogP contribution in [0.3, 0.4) is 0 Å². The van der Waals surface area contributed by atoms with Gasteiger partial charge < -0.3 is 25.0 Å². The largest absolute Gasteiger partial charge is 0.573 e. The predicted molar refractivity (Wildman–Crippen MR) is 178 cm³/mol. The Balaban J connectivity index is 1.06. The van der Waals surface area contributed by atoms with E-state index >= 15 is 0 Å². The van der Waals surface area contributed by atoms with E-state index < -0.39 is 12.0 Å². The SMILES string of the molecule is CC(C)(C)OC(=O)NC1CCN(c2ccc(CN3CCC(NC(=O)c4ccc(Cl)c(-c5ccc(OC(F)(F)F)cc5)c4)CC3)cn2)CC1. The molecule has 1 aromatic heterocycles. The van der Waals surface area contributed by atoms with Crippen molar-refractivity contribution in [1.82, 2.24) is 20.5 Å². The first kappa shape index (κ1) is 35.3. The Bertz CT molecular complexity index is 1550. The van der Waals surface area contributed by atoms with Crippen molar-refractivity contribution in [3.8, 4) is 16.9 Å². The molecule has 0 unspecified atom stereocenters. The Kier molecular flexibility index (Phi) is 11.0. The van der Waals surface area contributed by atoms with Crippen molar-refractivity contribution in [2.75, 3.05) is 31.1 Å². The van der Waals surface area contributed by atoms with Crippen molar-refractivity contribution in [2.24, 2.45) is 0 Å². The smallest absolute Gasteiger partial charge is 0.444 e. The minimum Gasteiger partial charge on any atom is -0.444 e. The molecule has 2 fully saturated rings. The van der Waals surface area contributed by atoms with Crippen LogP contribution in [0.2, 0.25) is 5.02 Å². The van der Waals surface area contributed by atoms with Gasteiger partial charge in [-0.1, -0.05) is 29.8 Å². The zero-order valence-electron chi connectivity index (χ0n) is 27.3. The number of pyridine rings is 1. The Morgan fingerprint density at radius 2 is 1.54 bits per heavy atom. The summed E-state index contributed by atoms with van der Waals surface area (Å²) in [5, 5.41) is 6.47. The van der Waals surface area contributed by atoms with Gasteiger partial charge in [0.25, 0.3) is 5.91 Å². The summed E-state index contributed by atoms with van der Waals surface area (Å²) in [7, 11) is 0. The second-order valence-electron chi connectivity index (χ2n) is 13.2. The van der Waals surface area contributed by atoms with Crippen molar-refractivity contribution in [2.45, 2.75) is 77.0 Å². The number of carbonyl (C=O) groups is 2. The average Bonchev–Trinajstić information content (AvgIpc) is 3.02. The van der Waals surface area contributed by atoms with Crippen LogP contribution >= 0.6 is 11.6 Å². The van der Waals surface area contributed by atoms with E-state index in [1.165, 1.54) is 24.3 Å². The number of anilines is 1. The summed E-state index contributed by atoms with van der Waals surface area (Å²) in [5.74, 6) is 0.361. The number of rotatable bonds is 8. The van der Waals surface area contributed by atoms with Crippen LogP contribution in [0, 0.1) is 0 Å². The van der Waals surface area contributed by atoms with Crippen LogP contribution in [0.1, 0.15) is 62.4 Å². The second kappa shape index (κ2) is 15.0. The molecular formula is C35H41ClF3N5O4. The first-order chi connectivity index (χ1) is 22.7. The number of alkyl carbamates (subject to hydrolysis) is 1. The zero-order valence-corrected chi connectivity index (χ0v) is 28.0. The molecule has 2 amide bonds. The fourth-order valence-electron chi connectivity index (χ4n) is 5.91. The minimum atomic E-state index is -4.78. The monoisotopic (exact) mass is 687 g/mol. The lowest BCUT2D eigenvalue weighted by molar-refractivity contribution is -0.274. The third kappa shape index (κ3) is 10.2. The number of benzene rings is 2. The van der Waals surface area contributed by atoms with E-state index in [1.807, 2.05) is 27.0 Å². The molecule has 2 N–H and O–H groups in total. The van der Waals surface area contributed by atoms with Gasteiger partial charge in [0, 0.05) is 67.2 Å². The summed E-state index contributed by atoms with van der Waals surface area (Å²) >= 11 is 6.37. The summed E-state index contributed by atoms with van der Waals surface area (Å²) in [6.07, 6.45) is 0.00862. The molecule has 258 valence electrons. The number of carbonyl (C=O) groups excluding carboxylic acids is 2. The van der Waals surface area contributed by atoms with Crippen molar-refractivity contribution < 1.29 is 32.2 Å². The van der Waals surface area contributed by atoms with Gasteiger partial charge in [0.2, 0.25) is 0 Å². The van der Waals surface area contributed by atoms with E-state index in [4.69, 9.17) is 21.3 Å². The molecule has 0 spiro atoms. The topological polar surface area (TPSA) is 96.0 Å². The zero-order chi connectivity index (χ0) is 34.5. The Morgan fingerprint density at radius 1 is 0.896 bits per heavy atom. The molecule has 0 radical (unpaired) electrons. The normalized spacial score (nSPS) is 16.8. The predicted octanol–water partition coefficient (Wildman–Crippen LogP) is 7.19. The van der Waals surface area contributed by atoms with Gasteiger partial charge in [0.05, 0.1) is 0 Å². The van der Waals surface area contributed by atoms with Gasteiger partial charge in [0.1, 0.15) is 17.2 Å². The van der Waals surface area contributed by atoms with Crippen LogP contribution in [0.25, 0.3) is 11.1 Å². The molecular weight excluding hydrogens is 647 g/mol. The van der Waals surface area contributed by atoms with Crippen molar-refractivity contribution in [3.05, 3.63) is 76.9 Å². The molecule has 2 aromatic carbocycles. The highest BCUT2D eigenvalue weighted by molar-refractivity contribution is 6.33. The van der Waals surface area contributed by atoms with Gasteiger partial charge in [0.15, 0.2) is 0 Å². The molecule has 13 heteroatoms. The molecule has 2 aliphatic rings. The molecule has 0 bridgehead atoms. The number of hydrogen-bond acceptors (Lipinski definition) is 7. The second-order valence-corrected chi connectivity index (χ2v) is 13.6. The van der Waals surface area contributed by atoms with Crippen LogP contribution in [0.5, 0.6) is 5.75 Å². The van der Waals surface area contributed by atoms with Gasteiger partial charge in [-0.25, -0.2) is 9.78 Å². The van der Waals surface area contributed by atoms with Crippen LogP contribution in [0.4, 0.5) is 23.8 Å².